The SMILES string of the molecule is Cc1cccc(OCCC(=O)Cc2cc(F)ccc2Cl)c1. The van der Waals surface area contributed by atoms with Crippen molar-refractivity contribution >= 4 is 17.4 Å². The van der Waals surface area contributed by atoms with Gasteiger partial charge in [-0.25, -0.2) is 4.39 Å². The molecule has 0 atom stereocenters. The van der Waals surface area contributed by atoms with Gasteiger partial charge in [0.05, 0.1) is 6.61 Å². The van der Waals surface area contributed by atoms with Gasteiger partial charge in [0.25, 0.3) is 0 Å². The molecule has 0 N–H and O–H groups in total. The van der Waals surface area contributed by atoms with E-state index < -0.39 is 5.82 Å². The van der Waals surface area contributed by atoms with Crippen molar-refractivity contribution in [3.05, 3.63) is 64.4 Å². The zero-order chi connectivity index (χ0) is 15.2. The zero-order valence-electron chi connectivity index (χ0n) is 11.7. The van der Waals surface area contributed by atoms with Crippen LogP contribution in [0.4, 0.5) is 4.39 Å². The Hall–Kier alpha value is -1.87. The molecule has 4 heteroatoms. The summed E-state index contributed by atoms with van der Waals surface area (Å²) in [4.78, 5) is 11.9. The number of hydrogen-bond acceptors (Lipinski definition) is 2. The molecule has 2 aromatic carbocycles. The van der Waals surface area contributed by atoms with E-state index in [4.69, 9.17) is 16.3 Å². The molecule has 0 aromatic heterocycles. The Morgan fingerprint density at radius 2 is 2.05 bits per heavy atom. The fourth-order valence-corrected chi connectivity index (χ4v) is 2.15. The van der Waals surface area contributed by atoms with Crippen LogP contribution in [0.1, 0.15) is 17.5 Å². The molecule has 0 unspecified atom stereocenters. The van der Waals surface area contributed by atoms with Crippen LogP contribution in [0.5, 0.6) is 5.75 Å². The minimum Gasteiger partial charge on any atom is -0.493 e. The van der Waals surface area contributed by atoms with Gasteiger partial charge in [-0.05, 0) is 48.4 Å². The topological polar surface area (TPSA) is 26.3 Å². The third-order valence-corrected chi connectivity index (χ3v) is 3.40. The van der Waals surface area contributed by atoms with Gasteiger partial charge in [-0.15, -0.1) is 0 Å². The van der Waals surface area contributed by atoms with Crippen LogP contribution in [0.25, 0.3) is 0 Å². The van der Waals surface area contributed by atoms with Gasteiger partial charge in [-0.2, -0.15) is 0 Å². The lowest BCUT2D eigenvalue weighted by Gasteiger charge is -2.07. The maximum absolute atomic E-state index is 13.1. The van der Waals surface area contributed by atoms with Crippen molar-refractivity contribution in [2.24, 2.45) is 0 Å². The molecule has 110 valence electrons. The minimum atomic E-state index is -0.391. The molecule has 2 nitrogen and oxygen atoms in total. The van der Waals surface area contributed by atoms with Crippen molar-refractivity contribution in [1.82, 2.24) is 0 Å². The minimum absolute atomic E-state index is 0.0323. The van der Waals surface area contributed by atoms with E-state index >= 15 is 0 Å². The lowest BCUT2D eigenvalue weighted by Crippen LogP contribution is -2.09. The van der Waals surface area contributed by atoms with Crippen molar-refractivity contribution in [2.45, 2.75) is 19.8 Å². The van der Waals surface area contributed by atoms with Crippen LogP contribution in [0.2, 0.25) is 5.02 Å². The normalized spacial score (nSPS) is 10.4. The highest BCUT2D eigenvalue weighted by Crippen LogP contribution is 2.18. The predicted molar refractivity (Wildman–Crippen MR) is 81.4 cm³/mol. The monoisotopic (exact) mass is 306 g/mol. The van der Waals surface area contributed by atoms with Gasteiger partial charge in [0.2, 0.25) is 0 Å². The lowest BCUT2D eigenvalue weighted by molar-refractivity contribution is -0.118. The van der Waals surface area contributed by atoms with Crippen molar-refractivity contribution in [1.29, 1.82) is 0 Å². The fraction of sp³-hybridized carbons (Fsp3) is 0.235. The molecule has 2 rings (SSSR count). The molecule has 0 aliphatic rings. The highest BCUT2D eigenvalue weighted by molar-refractivity contribution is 6.31. The number of carbonyl (C=O) groups excluding carboxylic acids is 1. The van der Waals surface area contributed by atoms with Gasteiger partial charge >= 0.3 is 0 Å². The Morgan fingerprint density at radius 1 is 1.24 bits per heavy atom. The van der Waals surface area contributed by atoms with Gasteiger partial charge in [-0.3, -0.25) is 4.79 Å². The van der Waals surface area contributed by atoms with Gasteiger partial charge in [0, 0.05) is 17.9 Å². The second-order valence-corrected chi connectivity index (χ2v) is 5.27. The molecule has 0 radical (unpaired) electrons. The molecular weight excluding hydrogens is 291 g/mol. The van der Waals surface area contributed by atoms with Crippen molar-refractivity contribution in [2.75, 3.05) is 6.61 Å². The fourth-order valence-electron chi connectivity index (χ4n) is 1.97. The maximum atomic E-state index is 13.1. The Bertz CT molecular complexity index is 640. The number of carbonyl (C=O) groups is 1. The summed E-state index contributed by atoms with van der Waals surface area (Å²) >= 11 is 5.94. The Morgan fingerprint density at radius 3 is 2.81 bits per heavy atom. The number of ether oxygens (including phenoxy) is 1. The number of halogens is 2. The Labute approximate surface area is 128 Å². The number of ketones is 1. The third kappa shape index (κ3) is 4.87. The quantitative estimate of drug-likeness (QED) is 0.792. The molecule has 0 aliphatic carbocycles. The number of hydrogen-bond donors (Lipinski definition) is 0. The molecule has 0 aliphatic heterocycles. The summed E-state index contributed by atoms with van der Waals surface area (Å²) in [6.45, 7) is 2.28. The summed E-state index contributed by atoms with van der Waals surface area (Å²) in [6, 6.07) is 11.7. The molecule has 0 bridgehead atoms. The summed E-state index contributed by atoms with van der Waals surface area (Å²) in [6.07, 6.45) is 0.383. The molecule has 0 spiro atoms. The second-order valence-electron chi connectivity index (χ2n) is 4.87. The van der Waals surface area contributed by atoms with E-state index in [1.165, 1.54) is 18.2 Å². The van der Waals surface area contributed by atoms with Crippen LogP contribution in [0, 0.1) is 12.7 Å². The molecule has 0 fully saturated rings. The van der Waals surface area contributed by atoms with Crippen molar-refractivity contribution < 1.29 is 13.9 Å². The zero-order valence-corrected chi connectivity index (χ0v) is 12.5. The lowest BCUT2D eigenvalue weighted by atomic mass is 10.1. The van der Waals surface area contributed by atoms with E-state index in [0.29, 0.717) is 17.2 Å². The summed E-state index contributed by atoms with van der Waals surface area (Å²) < 4.78 is 18.6. The second kappa shape index (κ2) is 7.23. The van der Waals surface area contributed by atoms with Crippen LogP contribution in [0.15, 0.2) is 42.5 Å². The number of benzene rings is 2. The first kappa shape index (κ1) is 15.5. The summed E-state index contributed by atoms with van der Waals surface area (Å²) in [5, 5.41) is 0.407. The first-order valence-electron chi connectivity index (χ1n) is 6.69. The molecule has 21 heavy (non-hydrogen) atoms. The first-order chi connectivity index (χ1) is 10.0. The van der Waals surface area contributed by atoms with Crippen LogP contribution in [-0.4, -0.2) is 12.4 Å². The van der Waals surface area contributed by atoms with Gasteiger partial charge in [0.15, 0.2) is 0 Å². The van der Waals surface area contributed by atoms with Crippen molar-refractivity contribution in [3.63, 3.8) is 0 Å². The molecule has 0 saturated carbocycles. The maximum Gasteiger partial charge on any atom is 0.140 e. The molecule has 0 heterocycles. The van der Waals surface area contributed by atoms with Crippen LogP contribution >= 0.6 is 11.6 Å². The number of Topliss-reactive ketones (excluding diaryl/α,β-unsaturated/α-hetero) is 1. The van der Waals surface area contributed by atoms with Crippen LogP contribution in [-0.2, 0) is 11.2 Å². The van der Waals surface area contributed by atoms with Gasteiger partial charge in [-0.1, -0.05) is 23.7 Å². The smallest absolute Gasteiger partial charge is 0.140 e. The molecular formula is C17H16ClFO2. The van der Waals surface area contributed by atoms with Gasteiger partial charge in [0.1, 0.15) is 17.3 Å². The average molecular weight is 307 g/mol. The van der Waals surface area contributed by atoms with E-state index in [0.717, 1.165) is 11.3 Å². The highest BCUT2D eigenvalue weighted by atomic mass is 35.5. The predicted octanol–water partition coefficient (Wildman–Crippen LogP) is 4.37. The van der Waals surface area contributed by atoms with Gasteiger partial charge < -0.3 is 4.74 Å². The van der Waals surface area contributed by atoms with Crippen LogP contribution < -0.4 is 4.74 Å². The summed E-state index contributed by atoms with van der Waals surface area (Å²) in [7, 11) is 0. The number of rotatable bonds is 6. The molecule has 0 saturated heterocycles. The average Bonchev–Trinajstić information content (AvgIpc) is 2.43. The van der Waals surface area contributed by atoms with E-state index in [1.54, 1.807) is 0 Å². The largest absolute Gasteiger partial charge is 0.493 e. The van der Waals surface area contributed by atoms with E-state index in [9.17, 15) is 9.18 Å². The standard InChI is InChI=1S/C17H16ClFO2/c1-12-3-2-4-16(9-12)21-8-7-15(20)11-13-10-14(19)5-6-17(13)18/h2-6,9-10H,7-8,11H2,1H3. The van der Waals surface area contributed by atoms with Crippen molar-refractivity contribution in [3.8, 4) is 5.75 Å². The van der Waals surface area contributed by atoms with E-state index in [2.05, 4.69) is 0 Å². The van der Waals surface area contributed by atoms with Crippen LogP contribution in [0.3, 0.4) is 0 Å². The Balaban J connectivity index is 1.84. The molecule has 2 aromatic rings. The highest BCUT2D eigenvalue weighted by Gasteiger charge is 2.09. The Kier molecular flexibility index (Phi) is 5.34. The van der Waals surface area contributed by atoms with E-state index in [1.807, 2.05) is 31.2 Å². The first-order valence-corrected chi connectivity index (χ1v) is 7.07. The van der Waals surface area contributed by atoms with E-state index in [-0.39, 0.29) is 18.6 Å². The summed E-state index contributed by atoms with van der Waals surface area (Å²) in [5.74, 6) is 0.319. The number of aryl methyl sites for hydroxylation is 1. The molecule has 0 amide bonds. The third-order valence-electron chi connectivity index (χ3n) is 3.03. The summed E-state index contributed by atoms with van der Waals surface area (Å²) in [5.41, 5.74) is 1.61.